The molecule has 1 fully saturated rings. The molecule has 0 radical (unpaired) electrons. The molecule has 7 nitrogen and oxygen atoms in total. The van der Waals surface area contributed by atoms with Crippen molar-refractivity contribution in [3.63, 3.8) is 0 Å². The van der Waals surface area contributed by atoms with Crippen molar-refractivity contribution < 1.29 is 4.79 Å². The van der Waals surface area contributed by atoms with Crippen LogP contribution in [0.5, 0.6) is 0 Å². The van der Waals surface area contributed by atoms with Crippen LogP contribution in [-0.2, 0) is 17.9 Å². The molecule has 9 heteroatoms. The third-order valence-corrected chi connectivity index (χ3v) is 7.20. The van der Waals surface area contributed by atoms with Gasteiger partial charge in [0.2, 0.25) is 5.91 Å². The van der Waals surface area contributed by atoms with Crippen molar-refractivity contribution in [2.45, 2.75) is 25.9 Å². The lowest BCUT2D eigenvalue weighted by molar-refractivity contribution is -0.137. The zero-order chi connectivity index (χ0) is 20.3. The maximum absolute atomic E-state index is 13.4. The Morgan fingerprint density at radius 2 is 1.73 bits per heavy atom. The van der Waals surface area contributed by atoms with E-state index in [1.807, 2.05) is 29.2 Å². The lowest BCUT2D eigenvalue weighted by Gasteiger charge is -2.34. The van der Waals surface area contributed by atoms with Crippen molar-refractivity contribution in [3.8, 4) is 0 Å². The van der Waals surface area contributed by atoms with Crippen molar-refractivity contribution in [1.29, 1.82) is 0 Å². The molecule has 1 amide bonds. The van der Waals surface area contributed by atoms with E-state index in [0.717, 1.165) is 37.4 Å². The molecule has 0 N–H and O–H groups in total. The molecule has 0 unspecified atom stereocenters. The summed E-state index contributed by atoms with van der Waals surface area (Å²) in [6, 6.07) is 12.2. The minimum Gasteiger partial charge on any atom is -0.355 e. The third-order valence-electron chi connectivity index (χ3n) is 5.48. The maximum Gasteiger partial charge on any atom is 0.226 e. The number of fused-ring (bicyclic) bond motifs is 1. The molecule has 0 aliphatic carbocycles. The number of amides is 1. The highest BCUT2D eigenvalue weighted by Gasteiger charge is 2.29. The summed E-state index contributed by atoms with van der Waals surface area (Å²) in [5, 5.41) is 16.6. The van der Waals surface area contributed by atoms with Gasteiger partial charge in [0.1, 0.15) is 12.1 Å². The van der Waals surface area contributed by atoms with E-state index in [1.54, 1.807) is 33.5 Å². The van der Waals surface area contributed by atoms with Crippen molar-refractivity contribution in [3.05, 3.63) is 63.2 Å². The van der Waals surface area contributed by atoms with E-state index >= 15 is 0 Å². The van der Waals surface area contributed by atoms with Crippen LogP contribution in [0, 0.1) is 5.92 Å². The molecule has 1 saturated heterocycles. The standard InChI is InChI=1S/C21H22N6OS2/c28-21(26(13-17-3-1-11-29-17)14-18-4-2-12-30-18)16-7-9-25(10-8-16)20-6-5-19-23-22-15-27(19)24-20/h1-6,11-12,15-16H,7-10,13-14H2. The van der Waals surface area contributed by atoms with Gasteiger partial charge in [0, 0.05) is 28.8 Å². The molecular weight excluding hydrogens is 416 g/mol. The fourth-order valence-corrected chi connectivity index (χ4v) is 5.33. The van der Waals surface area contributed by atoms with Crippen LogP contribution in [0.1, 0.15) is 22.6 Å². The number of anilines is 1. The van der Waals surface area contributed by atoms with Crippen molar-refractivity contribution >= 4 is 40.0 Å². The van der Waals surface area contributed by atoms with Crippen LogP contribution in [0.2, 0.25) is 0 Å². The Labute approximate surface area is 182 Å². The highest BCUT2D eigenvalue weighted by Crippen LogP contribution is 2.26. The van der Waals surface area contributed by atoms with Crippen molar-refractivity contribution in [2.75, 3.05) is 18.0 Å². The summed E-state index contributed by atoms with van der Waals surface area (Å²) in [4.78, 5) is 20.1. The molecule has 1 aliphatic rings. The number of aromatic nitrogens is 4. The number of piperidine rings is 1. The van der Waals surface area contributed by atoms with Gasteiger partial charge in [0.25, 0.3) is 0 Å². The Kier molecular flexibility index (Phi) is 5.46. The van der Waals surface area contributed by atoms with E-state index in [2.05, 4.69) is 43.1 Å². The van der Waals surface area contributed by atoms with E-state index in [0.29, 0.717) is 13.1 Å². The maximum atomic E-state index is 13.4. The summed E-state index contributed by atoms with van der Waals surface area (Å²) < 4.78 is 1.69. The first kappa shape index (κ1) is 19.2. The van der Waals surface area contributed by atoms with Crippen molar-refractivity contribution in [2.24, 2.45) is 5.92 Å². The predicted molar refractivity (Wildman–Crippen MR) is 119 cm³/mol. The van der Waals surface area contributed by atoms with Crippen LogP contribution in [0.4, 0.5) is 5.82 Å². The molecule has 0 saturated carbocycles. The molecule has 0 bridgehead atoms. The first-order valence-corrected chi connectivity index (χ1v) is 11.8. The number of hydrogen-bond donors (Lipinski definition) is 0. The molecular formula is C21H22N6OS2. The van der Waals surface area contributed by atoms with Crippen LogP contribution >= 0.6 is 22.7 Å². The largest absolute Gasteiger partial charge is 0.355 e. The average Bonchev–Trinajstić information content (AvgIpc) is 3.55. The molecule has 5 rings (SSSR count). The minimum absolute atomic E-state index is 0.0554. The van der Waals surface area contributed by atoms with Gasteiger partial charge < -0.3 is 9.80 Å². The fourth-order valence-electron chi connectivity index (χ4n) is 3.89. The zero-order valence-electron chi connectivity index (χ0n) is 16.4. The van der Waals surface area contributed by atoms with Gasteiger partial charge in [-0.15, -0.1) is 38.0 Å². The Hall–Kier alpha value is -2.78. The molecule has 4 aromatic heterocycles. The van der Waals surface area contributed by atoms with Gasteiger partial charge in [0.05, 0.1) is 13.1 Å². The van der Waals surface area contributed by atoms with Crippen LogP contribution in [-0.4, -0.2) is 43.7 Å². The molecule has 0 spiro atoms. The second kappa shape index (κ2) is 8.53. The third kappa shape index (κ3) is 4.08. The van der Waals surface area contributed by atoms with E-state index in [-0.39, 0.29) is 11.8 Å². The Morgan fingerprint density at radius 1 is 1.03 bits per heavy atom. The molecule has 4 aromatic rings. The number of carbonyl (C=O) groups is 1. The Bertz CT molecular complexity index is 1060. The predicted octanol–water partition coefficient (Wildman–Crippen LogP) is 3.69. The van der Waals surface area contributed by atoms with E-state index in [9.17, 15) is 4.79 Å². The lowest BCUT2D eigenvalue weighted by Crippen LogP contribution is -2.42. The van der Waals surface area contributed by atoms with Gasteiger partial charge in [-0.1, -0.05) is 12.1 Å². The van der Waals surface area contributed by atoms with E-state index in [1.165, 1.54) is 9.75 Å². The van der Waals surface area contributed by atoms with E-state index < -0.39 is 0 Å². The number of carbonyl (C=O) groups excluding carboxylic acids is 1. The van der Waals surface area contributed by atoms with Gasteiger partial charge in [-0.3, -0.25) is 4.79 Å². The molecule has 1 aliphatic heterocycles. The summed E-state index contributed by atoms with van der Waals surface area (Å²) >= 11 is 3.42. The fraction of sp³-hybridized carbons (Fsp3) is 0.333. The summed E-state index contributed by atoms with van der Waals surface area (Å²) in [5.74, 6) is 1.22. The van der Waals surface area contributed by atoms with Crippen LogP contribution < -0.4 is 4.90 Å². The topological polar surface area (TPSA) is 66.6 Å². The highest BCUT2D eigenvalue weighted by molar-refractivity contribution is 7.10. The monoisotopic (exact) mass is 438 g/mol. The molecule has 30 heavy (non-hydrogen) atoms. The molecule has 0 aromatic carbocycles. The second-order valence-electron chi connectivity index (χ2n) is 7.44. The van der Waals surface area contributed by atoms with Gasteiger partial charge >= 0.3 is 0 Å². The summed E-state index contributed by atoms with van der Waals surface area (Å²) in [6.07, 6.45) is 3.29. The number of rotatable bonds is 6. The van der Waals surface area contributed by atoms with Crippen LogP contribution in [0.25, 0.3) is 5.65 Å². The summed E-state index contributed by atoms with van der Waals surface area (Å²) in [5.41, 5.74) is 0.738. The SMILES string of the molecule is O=C(C1CCN(c2ccc3nncn3n2)CC1)N(Cc1cccs1)Cc1cccs1. The quantitative estimate of drug-likeness (QED) is 0.459. The molecule has 0 atom stereocenters. The number of hydrogen-bond acceptors (Lipinski definition) is 7. The zero-order valence-corrected chi connectivity index (χ0v) is 18.1. The van der Waals surface area contributed by atoms with E-state index in [4.69, 9.17) is 0 Å². The first-order valence-electron chi connectivity index (χ1n) is 10.0. The van der Waals surface area contributed by atoms with Gasteiger partial charge in [0.15, 0.2) is 5.65 Å². The van der Waals surface area contributed by atoms with Gasteiger partial charge in [-0.05, 0) is 47.9 Å². The first-order chi connectivity index (χ1) is 14.8. The Morgan fingerprint density at radius 3 is 2.37 bits per heavy atom. The van der Waals surface area contributed by atoms with Crippen molar-refractivity contribution in [1.82, 2.24) is 24.7 Å². The summed E-state index contributed by atoms with van der Waals surface area (Å²) in [6.45, 7) is 3.01. The smallest absolute Gasteiger partial charge is 0.226 e. The normalized spacial score (nSPS) is 15.0. The molecule has 5 heterocycles. The highest BCUT2D eigenvalue weighted by atomic mass is 32.1. The van der Waals surface area contributed by atoms with Gasteiger partial charge in [-0.25, -0.2) is 0 Å². The minimum atomic E-state index is 0.0554. The number of thiophene rings is 2. The average molecular weight is 439 g/mol. The van der Waals surface area contributed by atoms with Crippen LogP contribution in [0.15, 0.2) is 53.5 Å². The summed E-state index contributed by atoms with van der Waals surface area (Å²) in [7, 11) is 0. The van der Waals surface area contributed by atoms with Crippen LogP contribution in [0.3, 0.4) is 0 Å². The number of nitrogens with zero attached hydrogens (tertiary/aromatic N) is 6. The lowest BCUT2D eigenvalue weighted by atomic mass is 9.95. The second-order valence-corrected chi connectivity index (χ2v) is 9.50. The molecule has 154 valence electrons. The van der Waals surface area contributed by atoms with Gasteiger partial charge in [-0.2, -0.15) is 4.52 Å². The Balaban J connectivity index is 1.26.